The van der Waals surface area contributed by atoms with E-state index in [-0.39, 0.29) is 11.1 Å². The minimum absolute atomic E-state index is 0.202. The molecule has 9 heteroatoms. The molecule has 6 aromatic rings. The molecule has 0 saturated carbocycles. The van der Waals surface area contributed by atoms with E-state index in [9.17, 15) is 9.59 Å². The maximum Gasteiger partial charge on any atom is 0.346 e. The molecule has 0 unspecified atom stereocenters. The SMILES string of the molecule is COc1ccc(Oc2ccc(C(=O)OC(=O)c3ccc(Oc4ccc(OC)cc4N)c4ccccc34)c3ccccc23)c(N)c1. The van der Waals surface area contributed by atoms with Crippen molar-refractivity contribution in [2.75, 3.05) is 25.7 Å². The van der Waals surface area contributed by atoms with Crippen LogP contribution in [0.4, 0.5) is 11.4 Å². The lowest BCUT2D eigenvalue weighted by Crippen LogP contribution is -2.14. The summed E-state index contributed by atoms with van der Waals surface area (Å²) in [7, 11) is 3.11. The fourth-order valence-electron chi connectivity index (χ4n) is 5.00. The lowest BCUT2D eigenvalue weighted by molar-refractivity contribution is 0.0400. The Kier molecular flexibility index (Phi) is 7.82. The molecule has 0 aromatic heterocycles. The van der Waals surface area contributed by atoms with Gasteiger partial charge in [0.1, 0.15) is 23.0 Å². The van der Waals surface area contributed by atoms with Crippen molar-refractivity contribution in [1.82, 2.24) is 0 Å². The number of anilines is 2. The average molecular weight is 601 g/mol. The number of esters is 2. The maximum atomic E-state index is 13.4. The van der Waals surface area contributed by atoms with E-state index in [4.69, 9.17) is 35.2 Å². The van der Waals surface area contributed by atoms with E-state index >= 15 is 0 Å². The third-order valence-corrected chi connectivity index (χ3v) is 7.27. The van der Waals surface area contributed by atoms with Gasteiger partial charge in [-0.1, -0.05) is 48.5 Å². The van der Waals surface area contributed by atoms with Gasteiger partial charge in [-0.3, -0.25) is 0 Å². The fraction of sp³-hybridized carbons (Fsp3) is 0.0556. The zero-order valence-corrected chi connectivity index (χ0v) is 24.4. The van der Waals surface area contributed by atoms with Gasteiger partial charge >= 0.3 is 11.9 Å². The van der Waals surface area contributed by atoms with Gasteiger partial charge in [0.2, 0.25) is 0 Å². The Morgan fingerprint density at radius 1 is 0.489 bits per heavy atom. The van der Waals surface area contributed by atoms with Crippen LogP contribution >= 0.6 is 0 Å². The van der Waals surface area contributed by atoms with Crippen molar-refractivity contribution >= 4 is 44.9 Å². The second kappa shape index (κ2) is 12.2. The van der Waals surface area contributed by atoms with Crippen LogP contribution in [-0.2, 0) is 4.74 Å². The summed E-state index contributed by atoms with van der Waals surface area (Å²) in [6.07, 6.45) is 0. The van der Waals surface area contributed by atoms with Crippen LogP contribution in [0.3, 0.4) is 0 Å². The van der Waals surface area contributed by atoms with Gasteiger partial charge in [-0.05, 0) is 59.3 Å². The van der Waals surface area contributed by atoms with Crippen molar-refractivity contribution in [3.63, 3.8) is 0 Å². The molecule has 6 rings (SSSR count). The molecule has 0 aliphatic heterocycles. The van der Waals surface area contributed by atoms with Gasteiger partial charge in [0, 0.05) is 22.9 Å². The number of carbonyl (C=O) groups excluding carboxylic acids is 2. The van der Waals surface area contributed by atoms with Gasteiger partial charge in [-0.25, -0.2) is 9.59 Å². The van der Waals surface area contributed by atoms with E-state index in [1.165, 1.54) is 0 Å². The number of fused-ring (bicyclic) bond motifs is 2. The lowest BCUT2D eigenvalue weighted by Gasteiger charge is -2.15. The summed E-state index contributed by atoms with van der Waals surface area (Å²) in [6.45, 7) is 0. The Balaban J connectivity index is 1.27. The Bertz CT molecular complexity index is 1940. The second-order valence-corrected chi connectivity index (χ2v) is 10.0. The zero-order valence-electron chi connectivity index (χ0n) is 24.4. The molecule has 224 valence electrons. The highest BCUT2D eigenvalue weighted by Gasteiger charge is 2.22. The number of carbonyl (C=O) groups is 2. The number of benzene rings is 6. The van der Waals surface area contributed by atoms with Gasteiger partial charge in [-0.15, -0.1) is 0 Å². The number of rotatable bonds is 8. The maximum absolute atomic E-state index is 13.4. The normalized spacial score (nSPS) is 10.8. The van der Waals surface area contributed by atoms with Crippen LogP contribution in [0.2, 0.25) is 0 Å². The van der Waals surface area contributed by atoms with Crippen molar-refractivity contribution in [3.05, 3.63) is 120 Å². The Morgan fingerprint density at radius 2 is 0.867 bits per heavy atom. The zero-order chi connectivity index (χ0) is 31.5. The minimum Gasteiger partial charge on any atom is -0.497 e. The molecule has 9 nitrogen and oxygen atoms in total. The number of hydrogen-bond donors (Lipinski definition) is 2. The molecule has 0 bridgehead atoms. The quantitative estimate of drug-likeness (QED) is 0.102. The predicted octanol–water partition coefficient (Wildman–Crippen LogP) is 7.76. The minimum atomic E-state index is -0.804. The van der Waals surface area contributed by atoms with E-state index in [0.29, 0.717) is 67.4 Å². The summed E-state index contributed by atoms with van der Waals surface area (Å²) in [5, 5.41) is 2.37. The molecular formula is C36H28N2O7. The predicted molar refractivity (Wildman–Crippen MR) is 173 cm³/mol. The number of ether oxygens (including phenoxy) is 5. The van der Waals surface area contributed by atoms with Crippen LogP contribution in [0.1, 0.15) is 20.7 Å². The number of nitrogens with two attached hydrogens (primary N) is 2. The second-order valence-electron chi connectivity index (χ2n) is 10.0. The van der Waals surface area contributed by atoms with Gasteiger partial charge in [0.25, 0.3) is 0 Å². The Labute approximate surface area is 258 Å². The van der Waals surface area contributed by atoms with Crippen molar-refractivity contribution in [2.45, 2.75) is 0 Å². The topological polar surface area (TPSA) is 132 Å². The van der Waals surface area contributed by atoms with Crippen LogP contribution in [-0.4, -0.2) is 26.2 Å². The highest BCUT2D eigenvalue weighted by atomic mass is 16.6. The van der Waals surface area contributed by atoms with Crippen LogP contribution in [0.15, 0.2) is 109 Å². The number of nitrogen functional groups attached to an aromatic ring is 2. The molecule has 0 fully saturated rings. The fourth-order valence-corrected chi connectivity index (χ4v) is 5.00. The summed E-state index contributed by atoms with van der Waals surface area (Å²) in [5.74, 6) is 1.41. The average Bonchev–Trinajstić information content (AvgIpc) is 3.06. The van der Waals surface area contributed by atoms with Crippen molar-refractivity contribution in [1.29, 1.82) is 0 Å². The Morgan fingerprint density at radius 3 is 1.24 bits per heavy atom. The standard InChI is InChI=1S/C36H28N2O7/c1-41-21-11-15-33(29(37)19-21)43-31-17-13-27(23-7-3-5-9-25(23)31)35(39)45-36(40)28-14-18-32(26-10-6-4-8-24(26)28)44-34-16-12-22(42-2)20-30(34)38/h3-20H,37-38H2,1-2H3. The molecule has 45 heavy (non-hydrogen) atoms. The Hall–Kier alpha value is -6.22. The van der Waals surface area contributed by atoms with Crippen LogP contribution in [0, 0.1) is 0 Å². The van der Waals surface area contributed by atoms with E-state index in [1.807, 2.05) is 24.3 Å². The molecule has 0 amide bonds. The molecule has 6 aromatic carbocycles. The molecular weight excluding hydrogens is 572 g/mol. The molecule has 0 radical (unpaired) electrons. The first kappa shape index (κ1) is 28.9. The smallest absolute Gasteiger partial charge is 0.346 e. The first-order valence-electron chi connectivity index (χ1n) is 13.9. The van der Waals surface area contributed by atoms with Gasteiger partial charge in [0.15, 0.2) is 11.5 Å². The van der Waals surface area contributed by atoms with Gasteiger partial charge < -0.3 is 35.2 Å². The van der Waals surface area contributed by atoms with Crippen molar-refractivity contribution in [2.24, 2.45) is 0 Å². The molecule has 0 heterocycles. The van der Waals surface area contributed by atoms with Crippen molar-refractivity contribution < 1.29 is 33.3 Å². The molecule has 0 atom stereocenters. The molecule has 0 aliphatic rings. The van der Waals surface area contributed by atoms with E-state index in [0.717, 1.165) is 0 Å². The number of hydrogen-bond acceptors (Lipinski definition) is 9. The summed E-state index contributed by atoms with van der Waals surface area (Å²) in [4.78, 5) is 26.8. The number of methoxy groups -OCH3 is 2. The summed E-state index contributed by atoms with van der Waals surface area (Å²) >= 11 is 0. The lowest BCUT2D eigenvalue weighted by atomic mass is 10.0. The monoisotopic (exact) mass is 600 g/mol. The van der Waals surface area contributed by atoms with Gasteiger partial charge in [-0.2, -0.15) is 0 Å². The third-order valence-electron chi connectivity index (χ3n) is 7.27. The molecule has 0 aliphatic carbocycles. The summed E-state index contributed by atoms with van der Waals surface area (Å²) < 4.78 is 28.0. The van der Waals surface area contributed by atoms with E-state index < -0.39 is 11.9 Å². The first-order valence-corrected chi connectivity index (χ1v) is 13.9. The van der Waals surface area contributed by atoms with Crippen LogP contribution < -0.4 is 30.4 Å². The first-order chi connectivity index (χ1) is 21.9. The highest BCUT2D eigenvalue weighted by molar-refractivity contribution is 6.14. The molecule has 0 spiro atoms. The van der Waals surface area contributed by atoms with E-state index in [1.54, 1.807) is 99.1 Å². The molecule has 4 N–H and O–H groups in total. The molecule has 0 saturated heterocycles. The summed E-state index contributed by atoms with van der Waals surface area (Å²) in [5.41, 5.74) is 13.5. The van der Waals surface area contributed by atoms with Crippen molar-refractivity contribution in [3.8, 4) is 34.5 Å². The highest BCUT2D eigenvalue weighted by Crippen LogP contribution is 2.38. The van der Waals surface area contributed by atoms with Crippen LogP contribution in [0.5, 0.6) is 34.5 Å². The summed E-state index contributed by atoms with van der Waals surface area (Å²) in [6, 6.07) is 30.9. The van der Waals surface area contributed by atoms with Crippen LogP contribution in [0.25, 0.3) is 21.5 Å². The van der Waals surface area contributed by atoms with E-state index in [2.05, 4.69) is 0 Å². The third kappa shape index (κ3) is 5.74. The largest absolute Gasteiger partial charge is 0.497 e. The van der Waals surface area contributed by atoms with Gasteiger partial charge in [0.05, 0.1) is 36.7 Å².